The van der Waals surface area contributed by atoms with Crippen molar-refractivity contribution in [3.05, 3.63) is 65.7 Å². The lowest BCUT2D eigenvalue weighted by Gasteiger charge is -2.21. The molecule has 2 aromatic rings. The average Bonchev–Trinajstić information content (AvgIpc) is 2.88. The van der Waals surface area contributed by atoms with Crippen LogP contribution in [0.15, 0.2) is 54.6 Å². The van der Waals surface area contributed by atoms with Crippen molar-refractivity contribution >= 4 is 23.7 Å². The van der Waals surface area contributed by atoms with Crippen LogP contribution in [-0.2, 0) is 32.0 Å². The molecule has 0 fully saturated rings. The van der Waals surface area contributed by atoms with E-state index in [-0.39, 0.29) is 18.6 Å². The molecule has 0 spiro atoms. The van der Waals surface area contributed by atoms with E-state index >= 15 is 0 Å². The molecule has 0 aliphatic heterocycles. The maximum atomic E-state index is 12.9. The molecule has 0 radical (unpaired) electrons. The molecule has 37 heavy (non-hydrogen) atoms. The van der Waals surface area contributed by atoms with Gasteiger partial charge in [-0.1, -0.05) is 48.9 Å². The van der Waals surface area contributed by atoms with Gasteiger partial charge in [0.05, 0.1) is 12.6 Å². The van der Waals surface area contributed by atoms with Gasteiger partial charge in [-0.25, -0.2) is 4.79 Å². The van der Waals surface area contributed by atoms with Crippen LogP contribution < -0.4 is 27.4 Å². The monoisotopic (exact) mass is 513 g/mol. The van der Waals surface area contributed by atoms with Crippen LogP contribution in [0.25, 0.3) is 0 Å². The lowest BCUT2D eigenvalue weighted by atomic mass is 10.0. The maximum absolute atomic E-state index is 12.9. The summed E-state index contributed by atoms with van der Waals surface area (Å²) >= 11 is 0. The third kappa shape index (κ3) is 10.7. The zero-order chi connectivity index (χ0) is 27.2. The van der Waals surface area contributed by atoms with Gasteiger partial charge in [0.2, 0.25) is 17.7 Å². The zero-order valence-electron chi connectivity index (χ0n) is 20.6. The quantitative estimate of drug-likeness (QED) is 0.159. The Labute approximate surface area is 215 Å². The third-order valence-corrected chi connectivity index (χ3v) is 5.65. The van der Waals surface area contributed by atoms with E-state index in [4.69, 9.17) is 11.5 Å². The predicted octanol–water partition coefficient (Wildman–Crippen LogP) is -0.196. The van der Waals surface area contributed by atoms with Crippen LogP contribution in [0.4, 0.5) is 0 Å². The van der Waals surface area contributed by atoms with Crippen LogP contribution in [0.2, 0.25) is 0 Å². The summed E-state index contributed by atoms with van der Waals surface area (Å²) in [6.07, 6.45) is 1.94. The highest BCUT2D eigenvalue weighted by molar-refractivity contribution is 5.92. The van der Waals surface area contributed by atoms with Gasteiger partial charge in [0, 0.05) is 12.8 Å². The second-order valence-corrected chi connectivity index (χ2v) is 8.69. The maximum Gasteiger partial charge on any atom is 0.326 e. The Morgan fingerprint density at radius 3 is 2.05 bits per heavy atom. The third-order valence-electron chi connectivity index (χ3n) is 5.65. The van der Waals surface area contributed by atoms with Crippen molar-refractivity contribution in [3.8, 4) is 5.75 Å². The summed E-state index contributed by atoms with van der Waals surface area (Å²) in [5.74, 6) is -3.00. The molecular weight excluding hydrogens is 478 g/mol. The van der Waals surface area contributed by atoms with Gasteiger partial charge in [0.15, 0.2) is 0 Å². The number of phenols is 1. The highest BCUT2D eigenvalue weighted by atomic mass is 16.4. The summed E-state index contributed by atoms with van der Waals surface area (Å²) in [5.41, 5.74) is 12.8. The second kappa shape index (κ2) is 15.2. The van der Waals surface area contributed by atoms with Gasteiger partial charge in [-0.2, -0.15) is 0 Å². The molecule has 3 atom stereocenters. The molecule has 0 bridgehead atoms. The number of carboxylic acid groups (broad SMARTS) is 1. The van der Waals surface area contributed by atoms with E-state index in [0.717, 1.165) is 12.0 Å². The molecule has 2 rings (SSSR count). The first-order valence-electron chi connectivity index (χ1n) is 12.1. The largest absolute Gasteiger partial charge is 0.508 e. The highest BCUT2D eigenvalue weighted by Gasteiger charge is 2.25. The van der Waals surface area contributed by atoms with Crippen molar-refractivity contribution in [1.29, 1.82) is 0 Å². The van der Waals surface area contributed by atoms with Crippen molar-refractivity contribution in [1.82, 2.24) is 16.0 Å². The SMILES string of the molecule is NCCCCC(N)C(=O)NC(Cc1ccc(O)cc1)C(=O)NCC(=O)NC(Cc1ccccc1)C(=O)O. The number of carbonyl (C=O) groups excluding carboxylic acids is 3. The van der Waals surface area contributed by atoms with Crippen molar-refractivity contribution < 1.29 is 29.4 Å². The number of aromatic hydroxyl groups is 1. The van der Waals surface area contributed by atoms with E-state index in [1.807, 2.05) is 0 Å². The number of nitrogens with one attached hydrogen (secondary N) is 3. The first-order valence-corrected chi connectivity index (χ1v) is 12.1. The number of hydrogen-bond acceptors (Lipinski definition) is 7. The Hall–Kier alpha value is -3.96. The van der Waals surface area contributed by atoms with E-state index in [2.05, 4.69) is 16.0 Å². The lowest BCUT2D eigenvalue weighted by Crippen LogP contribution is -2.54. The van der Waals surface area contributed by atoms with Gasteiger partial charge >= 0.3 is 5.97 Å². The summed E-state index contributed by atoms with van der Waals surface area (Å²) in [6.45, 7) is -0.00171. The Kier molecular flexibility index (Phi) is 12.0. The van der Waals surface area contributed by atoms with E-state index in [0.29, 0.717) is 24.9 Å². The topological polar surface area (TPSA) is 197 Å². The van der Waals surface area contributed by atoms with Gasteiger partial charge in [-0.3, -0.25) is 14.4 Å². The summed E-state index contributed by atoms with van der Waals surface area (Å²) in [5, 5.41) is 26.5. The van der Waals surface area contributed by atoms with Gasteiger partial charge in [-0.05, 0) is 42.6 Å². The number of carbonyl (C=O) groups is 4. The summed E-state index contributed by atoms with van der Waals surface area (Å²) in [7, 11) is 0. The predicted molar refractivity (Wildman–Crippen MR) is 137 cm³/mol. The molecular formula is C26H35N5O6. The van der Waals surface area contributed by atoms with Crippen molar-refractivity contribution in [3.63, 3.8) is 0 Å². The number of unbranched alkanes of at least 4 members (excludes halogenated alkanes) is 1. The van der Waals surface area contributed by atoms with Crippen LogP contribution >= 0.6 is 0 Å². The summed E-state index contributed by atoms with van der Waals surface area (Å²) < 4.78 is 0. The van der Waals surface area contributed by atoms with Gasteiger partial charge in [-0.15, -0.1) is 0 Å². The first kappa shape index (κ1) is 29.3. The molecule has 3 amide bonds. The van der Waals surface area contributed by atoms with Crippen molar-refractivity contribution in [2.24, 2.45) is 11.5 Å². The minimum Gasteiger partial charge on any atom is -0.508 e. The van der Waals surface area contributed by atoms with E-state index in [1.54, 1.807) is 42.5 Å². The fourth-order valence-corrected chi connectivity index (χ4v) is 3.58. The molecule has 9 N–H and O–H groups in total. The number of hydrogen-bond donors (Lipinski definition) is 7. The molecule has 11 nitrogen and oxygen atoms in total. The van der Waals surface area contributed by atoms with E-state index in [9.17, 15) is 29.4 Å². The van der Waals surface area contributed by atoms with Crippen LogP contribution in [0.3, 0.4) is 0 Å². The number of phenolic OH excluding ortho intramolecular Hbond substituents is 1. The van der Waals surface area contributed by atoms with Gasteiger partial charge in [0.25, 0.3) is 0 Å². The molecule has 0 aliphatic carbocycles. The average molecular weight is 514 g/mol. The van der Waals surface area contributed by atoms with Crippen molar-refractivity contribution in [2.45, 2.75) is 50.2 Å². The summed E-state index contributed by atoms with van der Waals surface area (Å²) in [6, 6.07) is 11.9. The number of carboxylic acids is 1. The molecule has 0 heterocycles. The van der Waals surface area contributed by atoms with Crippen LogP contribution in [0.1, 0.15) is 30.4 Å². The lowest BCUT2D eigenvalue weighted by molar-refractivity contribution is -0.141. The minimum atomic E-state index is -1.20. The number of rotatable bonds is 15. The van der Waals surface area contributed by atoms with Crippen LogP contribution in [0.5, 0.6) is 5.75 Å². The minimum absolute atomic E-state index is 0.0517. The summed E-state index contributed by atoms with van der Waals surface area (Å²) in [4.78, 5) is 49.5. The van der Waals surface area contributed by atoms with Gasteiger partial charge in [0.1, 0.15) is 17.8 Å². The van der Waals surface area contributed by atoms with E-state index < -0.39 is 48.4 Å². The second-order valence-electron chi connectivity index (χ2n) is 8.69. The molecule has 0 aliphatic rings. The highest BCUT2D eigenvalue weighted by Crippen LogP contribution is 2.12. The van der Waals surface area contributed by atoms with Gasteiger partial charge < -0.3 is 37.6 Å². The normalized spacial score (nSPS) is 13.1. The molecule has 0 saturated heterocycles. The first-order chi connectivity index (χ1) is 17.7. The molecule has 3 unspecified atom stereocenters. The molecule has 11 heteroatoms. The Morgan fingerprint density at radius 1 is 0.811 bits per heavy atom. The Balaban J connectivity index is 2.00. The fraction of sp³-hybridized carbons (Fsp3) is 0.385. The smallest absolute Gasteiger partial charge is 0.326 e. The number of aliphatic carboxylic acids is 1. The molecule has 2 aromatic carbocycles. The number of nitrogens with two attached hydrogens (primary N) is 2. The fourth-order valence-electron chi connectivity index (χ4n) is 3.58. The standard InChI is InChI=1S/C26H35N5O6/c27-13-5-4-8-20(28)24(34)31-21(14-18-9-11-19(32)12-10-18)25(35)29-16-23(33)30-22(26(36)37)15-17-6-2-1-3-7-17/h1-3,6-7,9-12,20-22,32H,4-5,8,13-16,27-28H2,(H,29,35)(H,30,33)(H,31,34)(H,36,37). The van der Waals surface area contributed by atoms with Crippen LogP contribution in [-0.4, -0.2) is 65.1 Å². The van der Waals surface area contributed by atoms with Crippen molar-refractivity contribution in [2.75, 3.05) is 13.1 Å². The van der Waals surface area contributed by atoms with Crippen LogP contribution in [0, 0.1) is 0 Å². The zero-order valence-corrected chi connectivity index (χ0v) is 20.6. The number of benzene rings is 2. The van der Waals surface area contributed by atoms with E-state index in [1.165, 1.54) is 12.1 Å². The molecule has 200 valence electrons. The molecule has 0 aromatic heterocycles. The molecule has 0 saturated carbocycles. The Bertz CT molecular complexity index is 1030. The number of amides is 3. The Morgan fingerprint density at radius 2 is 1.43 bits per heavy atom.